The third-order valence-electron chi connectivity index (χ3n) is 13.3. The molecule has 69 heavy (non-hydrogen) atoms. The molecule has 4 rings (SSSR count). The van der Waals surface area contributed by atoms with Gasteiger partial charge in [-0.3, -0.25) is 4.79 Å². The maximum Gasteiger partial charge on any atom is 0.224 e. The van der Waals surface area contributed by atoms with E-state index in [-0.39, 0.29) is 5.91 Å². The van der Waals surface area contributed by atoms with Crippen LogP contribution in [0.1, 0.15) is 235 Å². The number of ether oxygens (including phenoxy) is 6. The van der Waals surface area contributed by atoms with E-state index in [0.29, 0.717) is 63.2 Å². The van der Waals surface area contributed by atoms with Crippen LogP contribution in [0.2, 0.25) is 0 Å². The number of benzene rings is 4. The van der Waals surface area contributed by atoms with Crippen molar-refractivity contribution in [1.82, 2.24) is 0 Å². The van der Waals surface area contributed by atoms with Gasteiger partial charge >= 0.3 is 0 Å². The second-order valence-electron chi connectivity index (χ2n) is 19.5. The molecule has 8 nitrogen and oxygen atoms in total. The molecule has 8 heteroatoms. The molecule has 0 spiro atoms. The molecule has 388 valence electrons. The number of nitrogens with one attached hydrogen (secondary N) is 1. The SMILES string of the molecule is CCCCCCOc1cc2c3cc(OCCCCCC)c(OCCCCCC)cc3c3c(NC(=O)CCCCCC)c(OCCCCCC)c(OCCCCCC)cc3c2cc1OCCCCCC. The fourth-order valence-corrected chi connectivity index (χ4v) is 9.12. The van der Waals surface area contributed by atoms with Crippen molar-refractivity contribution >= 4 is 43.9 Å². The summed E-state index contributed by atoms with van der Waals surface area (Å²) in [7, 11) is 0. The number of anilines is 1. The van der Waals surface area contributed by atoms with E-state index < -0.39 is 0 Å². The number of rotatable bonds is 42. The van der Waals surface area contributed by atoms with Crippen LogP contribution < -0.4 is 33.7 Å². The Bertz CT molecular complexity index is 1970. The Hall–Kier alpha value is -4.07. The molecule has 0 unspecified atom stereocenters. The average molecular weight is 956 g/mol. The maximum absolute atomic E-state index is 14.3. The first-order valence-electron chi connectivity index (χ1n) is 28.6. The van der Waals surface area contributed by atoms with Crippen molar-refractivity contribution in [2.24, 2.45) is 0 Å². The highest BCUT2D eigenvalue weighted by atomic mass is 16.5. The molecule has 0 heterocycles. The van der Waals surface area contributed by atoms with Gasteiger partial charge in [-0.1, -0.05) is 183 Å². The molecule has 0 fully saturated rings. The van der Waals surface area contributed by atoms with E-state index in [0.717, 1.165) is 190 Å². The highest BCUT2D eigenvalue weighted by molar-refractivity contribution is 6.31. The second kappa shape index (κ2) is 35.1. The normalized spacial score (nSPS) is 11.5. The number of carbonyl (C=O) groups excluding carboxylic acids is 1. The first-order valence-corrected chi connectivity index (χ1v) is 28.6. The summed E-state index contributed by atoms with van der Waals surface area (Å²) in [5.74, 6) is 4.23. The minimum Gasteiger partial charge on any atom is -0.490 e. The molecule has 0 saturated heterocycles. The van der Waals surface area contributed by atoms with Crippen molar-refractivity contribution in [3.8, 4) is 34.5 Å². The molecule has 0 atom stereocenters. The molecular formula is C61H97NO7. The lowest BCUT2D eigenvalue weighted by Crippen LogP contribution is -2.14. The topological polar surface area (TPSA) is 84.5 Å². The van der Waals surface area contributed by atoms with Gasteiger partial charge in [0.1, 0.15) is 0 Å². The first-order chi connectivity index (χ1) is 34.0. The predicted molar refractivity (Wildman–Crippen MR) is 294 cm³/mol. The van der Waals surface area contributed by atoms with E-state index in [1.165, 1.54) is 44.9 Å². The van der Waals surface area contributed by atoms with Crippen LogP contribution >= 0.6 is 0 Å². The number of fused-ring (bicyclic) bond motifs is 6. The molecule has 0 aliphatic heterocycles. The molecule has 0 saturated carbocycles. The van der Waals surface area contributed by atoms with Crippen LogP contribution in [0.15, 0.2) is 30.3 Å². The smallest absolute Gasteiger partial charge is 0.224 e. The van der Waals surface area contributed by atoms with E-state index in [1.807, 2.05) is 0 Å². The average Bonchev–Trinajstić information content (AvgIpc) is 3.35. The molecule has 0 bridgehead atoms. The van der Waals surface area contributed by atoms with Crippen LogP contribution in [0.4, 0.5) is 5.69 Å². The van der Waals surface area contributed by atoms with E-state index in [1.54, 1.807) is 0 Å². The molecule has 0 aliphatic rings. The van der Waals surface area contributed by atoms with Gasteiger partial charge in [-0.05, 0) is 102 Å². The molecule has 4 aromatic carbocycles. The Morgan fingerprint density at radius 3 is 0.957 bits per heavy atom. The van der Waals surface area contributed by atoms with Gasteiger partial charge in [-0.15, -0.1) is 0 Å². The Balaban J connectivity index is 2.13. The first kappa shape index (κ1) is 57.5. The second-order valence-corrected chi connectivity index (χ2v) is 19.5. The van der Waals surface area contributed by atoms with Crippen LogP contribution in [0.3, 0.4) is 0 Å². The summed E-state index contributed by atoms with van der Waals surface area (Å²) >= 11 is 0. The summed E-state index contributed by atoms with van der Waals surface area (Å²) < 4.78 is 40.7. The van der Waals surface area contributed by atoms with E-state index in [2.05, 4.69) is 84.1 Å². The Labute approximate surface area is 420 Å². The van der Waals surface area contributed by atoms with Crippen LogP contribution in [0, 0.1) is 0 Å². The number of hydrogen-bond donors (Lipinski definition) is 1. The summed E-state index contributed by atoms with van der Waals surface area (Å²) in [5, 5.41) is 9.38. The van der Waals surface area contributed by atoms with Crippen LogP contribution in [0.5, 0.6) is 34.5 Å². The van der Waals surface area contributed by atoms with Crippen molar-refractivity contribution in [3.05, 3.63) is 30.3 Å². The van der Waals surface area contributed by atoms with E-state index in [4.69, 9.17) is 28.4 Å². The molecule has 4 aromatic rings. The largest absolute Gasteiger partial charge is 0.490 e. The Morgan fingerprint density at radius 1 is 0.333 bits per heavy atom. The quantitative estimate of drug-likeness (QED) is 0.0350. The molecule has 0 aromatic heterocycles. The van der Waals surface area contributed by atoms with Crippen molar-refractivity contribution in [2.75, 3.05) is 45.0 Å². The molecule has 1 N–H and O–H groups in total. The van der Waals surface area contributed by atoms with Gasteiger partial charge in [0.25, 0.3) is 0 Å². The van der Waals surface area contributed by atoms with Crippen LogP contribution in [-0.2, 0) is 4.79 Å². The lowest BCUT2D eigenvalue weighted by Gasteiger charge is -2.23. The van der Waals surface area contributed by atoms with Crippen molar-refractivity contribution in [2.45, 2.75) is 235 Å². The Morgan fingerprint density at radius 2 is 0.609 bits per heavy atom. The number of amides is 1. The fraction of sp³-hybridized carbons (Fsp3) is 0.689. The summed E-state index contributed by atoms with van der Waals surface area (Å²) in [6.07, 6.45) is 30.9. The van der Waals surface area contributed by atoms with E-state index >= 15 is 0 Å². The van der Waals surface area contributed by atoms with Crippen molar-refractivity contribution < 1.29 is 33.2 Å². The minimum atomic E-state index is -0.0149. The highest BCUT2D eigenvalue weighted by Crippen LogP contribution is 2.51. The number of unbranched alkanes of at least 4 members (excludes halogenated alkanes) is 21. The zero-order valence-corrected chi connectivity index (χ0v) is 45.0. The van der Waals surface area contributed by atoms with Gasteiger partial charge in [-0.25, -0.2) is 0 Å². The molecule has 0 radical (unpaired) electrons. The monoisotopic (exact) mass is 956 g/mol. The predicted octanol–water partition coefficient (Wildman–Crippen LogP) is 18.8. The summed E-state index contributed by atoms with van der Waals surface area (Å²) in [6.45, 7) is 19.2. The highest BCUT2D eigenvalue weighted by Gasteiger charge is 2.26. The van der Waals surface area contributed by atoms with Gasteiger partial charge < -0.3 is 33.7 Å². The van der Waals surface area contributed by atoms with Gasteiger partial charge in [0.2, 0.25) is 5.91 Å². The van der Waals surface area contributed by atoms with Crippen LogP contribution in [-0.4, -0.2) is 45.5 Å². The molecule has 1 amide bonds. The van der Waals surface area contributed by atoms with Gasteiger partial charge in [-0.2, -0.15) is 0 Å². The molecular weight excluding hydrogens is 859 g/mol. The lowest BCUT2D eigenvalue weighted by molar-refractivity contribution is -0.116. The summed E-state index contributed by atoms with van der Waals surface area (Å²) in [6, 6.07) is 10.9. The van der Waals surface area contributed by atoms with Crippen molar-refractivity contribution in [3.63, 3.8) is 0 Å². The third kappa shape index (κ3) is 19.6. The van der Waals surface area contributed by atoms with Gasteiger partial charge in [0.15, 0.2) is 34.5 Å². The van der Waals surface area contributed by atoms with Gasteiger partial charge in [0, 0.05) is 11.8 Å². The number of hydrogen-bond acceptors (Lipinski definition) is 7. The summed E-state index contributed by atoms with van der Waals surface area (Å²) in [4.78, 5) is 14.3. The molecule has 0 aliphatic carbocycles. The third-order valence-corrected chi connectivity index (χ3v) is 13.3. The zero-order valence-electron chi connectivity index (χ0n) is 45.0. The fourth-order valence-electron chi connectivity index (χ4n) is 9.12. The van der Waals surface area contributed by atoms with Crippen LogP contribution in [0.25, 0.3) is 32.3 Å². The standard InChI is InChI=1S/C61H97NO7/c1-8-15-22-29-36-58(63)62-60-59-51-46-56(67-40-33-26-19-12-5)55(66-39-32-25-18-11-4)44-49(51)48-43-53(64-37-30-23-16-9-2)54(65-38-31-24-17-10-3)45-50(48)52(59)47-57(68-41-34-27-20-13-6)61(60)69-42-35-28-21-14-7/h43-47H,8-42H2,1-7H3,(H,62,63). The lowest BCUT2D eigenvalue weighted by atomic mass is 9.91. The number of carbonyl (C=O) groups is 1. The minimum absolute atomic E-state index is 0.0149. The zero-order chi connectivity index (χ0) is 49.3. The van der Waals surface area contributed by atoms with Gasteiger partial charge in [0.05, 0.1) is 45.3 Å². The summed E-state index contributed by atoms with van der Waals surface area (Å²) in [5.41, 5.74) is 0.666. The van der Waals surface area contributed by atoms with E-state index in [9.17, 15) is 4.79 Å². The Kier molecular flexibility index (Phi) is 29.3. The maximum atomic E-state index is 14.3. The van der Waals surface area contributed by atoms with Crippen molar-refractivity contribution in [1.29, 1.82) is 0 Å².